The molecule has 4 aromatic heterocycles. The molecule has 4 aromatic rings. The number of fused-ring (bicyclic) bond motifs is 2. The molecule has 2 saturated heterocycles. The number of ether oxygens (including phenoxy) is 3. The first kappa shape index (κ1) is 38.2. The Balaban J connectivity index is 0.000000241. The van der Waals surface area contributed by atoms with Gasteiger partial charge in [-0.05, 0) is 68.7 Å². The van der Waals surface area contributed by atoms with Crippen molar-refractivity contribution in [2.45, 2.75) is 58.3 Å². The zero-order valence-electron chi connectivity index (χ0n) is 26.6. The zero-order chi connectivity index (χ0) is 31.4. The van der Waals surface area contributed by atoms with Crippen LogP contribution in [0.25, 0.3) is 11.0 Å². The van der Waals surface area contributed by atoms with Gasteiger partial charge < -0.3 is 24.8 Å². The maximum Gasteiger partial charge on any atom is 1.00 e. The van der Waals surface area contributed by atoms with E-state index in [9.17, 15) is 14.7 Å². The summed E-state index contributed by atoms with van der Waals surface area (Å²) in [6.07, 6.45) is 7.26. The third-order valence-corrected chi connectivity index (χ3v) is 9.63. The quantitative estimate of drug-likeness (QED) is 0.227. The van der Waals surface area contributed by atoms with Crippen LogP contribution in [0.1, 0.15) is 90.4 Å². The van der Waals surface area contributed by atoms with E-state index in [1.807, 2.05) is 6.07 Å². The van der Waals surface area contributed by atoms with Crippen molar-refractivity contribution in [3.8, 4) is 0 Å². The fourth-order valence-corrected chi connectivity index (χ4v) is 7.29. The van der Waals surface area contributed by atoms with Crippen LogP contribution >= 0.6 is 23.2 Å². The maximum absolute atomic E-state index is 12.3. The SMILES string of the molecule is CC(c1c(Cl)c(C(=O)O)c2cccnn12)C1CCOCC1.CCOC(=O)c1c(Cl)c(C(C)C2CCOCC2)n2ncccc12.[Na+].[OH-]. The van der Waals surface area contributed by atoms with E-state index in [1.54, 1.807) is 46.5 Å². The van der Waals surface area contributed by atoms with Gasteiger partial charge in [-0.1, -0.05) is 37.0 Å². The summed E-state index contributed by atoms with van der Waals surface area (Å²) >= 11 is 13.0. The number of carboxylic acids is 1. The summed E-state index contributed by atoms with van der Waals surface area (Å²) in [5.41, 5.74) is 3.47. The van der Waals surface area contributed by atoms with Crippen LogP contribution in [0, 0.1) is 11.8 Å². The molecule has 2 fully saturated rings. The van der Waals surface area contributed by atoms with Gasteiger partial charge in [0, 0.05) is 50.7 Å². The van der Waals surface area contributed by atoms with Gasteiger partial charge >= 0.3 is 41.5 Å². The van der Waals surface area contributed by atoms with E-state index >= 15 is 0 Å². The Morgan fingerprint density at radius 2 is 1.28 bits per heavy atom. The summed E-state index contributed by atoms with van der Waals surface area (Å²) < 4.78 is 19.5. The number of nitrogens with zero attached hydrogens (tertiary/aromatic N) is 4. The first-order valence-corrected chi connectivity index (χ1v) is 15.9. The minimum absolute atomic E-state index is 0. The van der Waals surface area contributed by atoms with Crippen molar-refractivity contribution in [1.82, 2.24) is 19.2 Å². The first-order valence-electron chi connectivity index (χ1n) is 15.1. The van der Waals surface area contributed by atoms with Gasteiger partial charge in [0.25, 0.3) is 0 Å². The van der Waals surface area contributed by atoms with E-state index in [0.29, 0.717) is 45.1 Å². The predicted octanol–water partition coefficient (Wildman–Crippen LogP) is 3.74. The molecule has 14 heteroatoms. The minimum atomic E-state index is -1.02. The van der Waals surface area contributed by atoms with Crippen LogP contribution in [0.15, 0.2) is 36.7 Å². The molecule has 0 aromatic carbocycles. The summed E-state index contributed by atoms with van der Waals surface area (Å²) in [6, 6.07) is 7.12. The van der Waals surface area contributed by atoms with Crippen LogP contribution in [0.5, 0.6) is 0 Å². The molecule has 6 rings (SSSR count). The number of rotatable bonds is 7. The number of hydrogen-bond donors (Lipinski definition) is 1. The first-order chi connectivity index (χ1) is 21.3. The van der Waals surface area contributed by atoms with Crippen molar-refractivity contribution in [2.24, 2.45) is 11.8 Å². The van der Waals surface area contributed by atoms with Crippen LogP contribution in [0.2, 0.25) is 10.0 Å². The molecule has 6 heterocycles. The van der Waals surface area contributed by atoms with Crippen LogP contribution in [-0.4, -0.2) is 74.8 Å². The summed E-state index contributed by atoms with van der Waals surface area (Å²) in [4.78, 5) is 23.8. The van der Waals surface area contributed by atoms with E-state index in [2.05, 4.69) is 24.0 Å². The molecule has 0 bridgehead atoms. The summed E-state index contributed by atoms with van der Waals surface area (Å²) in [7, 11) is 0. The summed E-state index contributed by atoms with van der Waals surface area (Å²) in [6.45, 7) is 9.37. The molecule has 2 aliphatic rings. The Morgan fingerprint density at radius 1 is 0.870 bits per heavy atom. The Bertz CT molecular complexity index is 1630. The molecule has 11 nitrogen and oxygen atoms in total. The fourth-order valence-electron chi connectivity index (χ4n) is 6.44. The van der Waals surface area contributed by atoms with Gasteiger partial charge in [-0.2, -0.15) is 10.2 Å². The topological polar surface area (TPSA) is 147 Å². The number of halogens is 2. The number of aromatic nitrogens is 4. The number of carboxylic acid groups (broad SMARTS) is 1. The van der Waals surface area contributed by atoms with Gasteiger partial charge in [0.2, 0.25) is 0 Å². The van der Waals surface area contributed by atoms with Crippen molar-refractivity contribution in [2.75, 3.05) is 33.0 Å². The maximum atomic E-state index is 12.3. The Labute approximate surface area is 300 Å². The smallest absolute Gasteiger partial charge is 0.870 e. The molecule has 0 radical (unpaired) electrons. The van der Waals surface area contributed by atoms with Gasteiger partial charge in [-0.3, -0.25) is 0 Å². The second-order valence-electron chi connectivity index (χ2n) is 11.3. The van der Waals surface area contributed by atoms with Crippen LogP contribution in [0.4, 0.5) is 0 Å². The Kier molecular flexibility index (Phi) is 14.3. The number of hydrogen-bond acceptors (Lipinski definition) is 8. The number of carbonyl (C=O) groups excluding carboxylic acids is 1. The third-order valence-electron chi connectivity index (χ3n) is 8.86. The standard InChI is InChI=1S/C17H21ClN2O3.C15H17ClN2O3.Na.H2O/c1-3-23-17(21)14-13-5-4-8-19-20(13)16(15(14)18)11(2)12-6-9-22-10-7-12;1-9(10-4-7-21-8-5-10)14-13(16)12(15(19)20)11-3-2-6-17-18(11)14;;/h4-5,8,11-12H,3,6-7,9-10H2,1-2H3;2-3,6,9-10H,4-5,7-8H2,1H3,(H,19,20);;1H2/q;;+1;/p-1. The van der Waals surface area contributed by atoms with Crippen molar-refractivity contribution >= 4 is 46.2 Å². The average Bonchev–Trinajstić information content (AvgIpc) is 3.51. The van der Waals surface area contributed by atoms with Gasteiger partial charge in [-0.25, -0.2) is 18.6 Å². The summed E-state index contributed by atoms with van der Waals surface area (Å²) in [5, 5.41) is 18.9. The molecular formula is C32H39Cl2N4NaO7. The van der Waals surface area contributed by atoms with E-state index in [4.69, 9.17) is 37.4 Å². The van der Waals surface area contributed by atoms with Crippen molar-refractivity contribution in [1.29, 1.82) is 0 Å². The Morgan fingerprint density at radius 3 is 1.70 bits per heavy atom. The van der Waals surface area contributed by atoms with Crippen LogP contribution in [0.3, 0.4) is 0 Å². The molecule has 2 aliphatic heterocycles. The Hall–Kier alpha value is -2.22. The van der Waals surface area contributed by atoms with Gasteiger partial charge in [0.15, 0.2) is 0 Å². The number of esters is 1. The molecule has 0 amide bonds. The van der Waals surface area contributed by atoms with Crippen molar-refractivity contribution in [3.63, 3.8) is 0 Å². The van der Waals surface area contributed by atoms with Gasteiger partial charge in [-0.15, -0.1) is 0 Å². The second-order valence-corrected chi connectivity index (χ2v) is 12.0. The molecule has 2 atom stereocenters. The van der Waals surface area contributed by atoms with Crippen LogP contribution in [-0.2, 0) is 14.2 Å². The van der Waals surface area contributed by atoms with E-state index in [-0.39, 0.29) is 52.4 Å². The molecule has 0 aliphatic carbocycles. The minimum Gasteiger partial charge on any atom is -0.870 e. The van der Waals surface area contributed by atoms with E-state index in [1.165, 1.54) is 0 Å². The largest absolute Gasteiger partial charge is 1.00 e. The predicted molar refractivity (Wildman–Crippen MR) is 169 cm³/mol. The number of aromatic carboxylic acids is 1. The van der Waals surface area contributed by atoms with Gasteiger partial charge in [0.05, 0.1) is 39.1 Å². The van der Waals surface area contributed by atoms with Crippen molar-refractivity contribution < 1.29 is 63.9 Å². The third kappa shape index (κ3) is 7.73. The van der Waals surface area contributed by atoms with E-state index in [0.717, 1.165) is 63.5 Å². The van der Waals surface area contributed by atoms with Crippen molar-refractivity contribution in [3.05, 3.63) is 69.2 Å². The van der Waals surface area contributed by atoms with Crippen LogP contribution < -0.4 is 29.6 Å². The van der Waals surface area contributed by atoms with E-state index < -0.39 is 11.9 Å². The molecule has 0 saturated carbocycles. The molecule has 46 heavy (non-hydrogen) atoms. The molecular weight excluding hydrogens is 646 g/mol. The normalized spacial score (nSPS) is 16.9. The molecule has 2 N–H and O–H groups in total. The monoisotopic (exact) mass is 684 g/mol. The molecule has 2 unspecified atom stereocenters. The number of carbonyl (C=O) groups is 2. The zero-order valence-corrected chi connectivity index (χ0v) is 30.1. The summed E-state index contributed by atoms with van der Waals surface area (Å²) in [5.74, 6) is -0.187. The van der Waals surface area contributed by atoms with Gasteiger partial charge in [0.1, 0.15) is 11.1 Å². The molecule has 0 spiro atoms. The average molecular weight is 686 g/mol. The second kappa shape index (κ2) is 17.3. The fraction of sp³-hybridized carbons (Fsp3) is 0.500. The molecule has 244 valence electrons.